The molecule has 11 heteroatoms. The van der Waals surface area contributed by atoms with Gasteiger partial charge in [-0.2, -0.15) is 17.9 Å². The third kappa shape index (κ3) is 7.56. The Morgan fingerprint density at radius 1 is 1.17 bits per heavy atom. The Labute approximate surface area is 171 Å². The Hall–Kier alpha value is -2.30. The summed E-state index contributed by atoms with van der Waals surface area (Å²) in [7, 11) is -3.93. The Kier molecular flexibility index (Phi) is 7.50. The van der Waals surface area contributed by atoms with Crippen molar-refractivity contribution in [2.45, 2.75) is 30.6 Å². The number of rotatable bonds is 8. The number of ether oxygens (including phenoxy) is 1. The highest BCUT2D eigenvalue weighted by Gasteiger charge is 2.28. The molecule has 0 aliphatic heterocycles. The van der Waals surface area contributed by atoms with Gasteiger partial charge in [-0.1, -0.05) is 23.7 Å². The Bertz CT molecular complexity index is 950. The highest BCUT2D eigenvalue weighted by Crippen LogP contribution is 2.19. The van der Waals surface area contributed by atoms with Gasteiger partial charge in [-0.15, -0.1) is 0 Å². The van der Waals surface area contributed by atoms with Gasteiger partial charge < -0.3 is 10.1 Å². The van der Waals surface area contributed by atoms with Crippen LogP contribution in [0.3, 0.4) is 0 Å². The van der Waals surface area contributed by atoms with E-state index in [1.165, 1.54) is 49.4 Å². The molecule has 0 bridgehead atoms. The predicted octanol–water partition coefficient (Wildman–Crippen LogP) is 3.26. The van der Waals surface area contributed by atoms with Gasteiger partial charge in [0.2, 0.25) is 15.9 Å². The molecule has 0 unspecified atom stereocenters. The topological polar surface area (TPSA) is 84.5 Å². The molecule has 2 aromatic rings. The second kappa shape index (κ2) is 9.47. The van der Waals surface area contributed by atoms with E-state index in [0.717, 1.165) is 0 Å². The molecule has 0 radical (unpaired) electrons. The number of nitrogens with one attached hydrogen (secondary N) is 2. The number of sulfonamides is 1. The molecule has 0 aliphatic carbocycles. The van der Waals surface area contributed by atoms with E-state index in [1.54, 1.807) is 6.07 Å². The van der Waals surface area contributed by atoms with Crippen molar-refractivity contribution in [1.82, 2.24) is 10.0 Å². The lowest BCUT2D eigenvalue weighted by atomic mass is 10.2. The van der Waals surface area contributed by atoms with Gasteiger partial charge in [0.25, 0.3) is 0 Å². The van der Waals surface area contributed by atoms with Gasteiger partial charge in [0, 0.05) is 11.6 Å². The van der Waals surface area contributed by atoms with Crippen molar-refractivity contribution >= 4 is 27.5 Å². The maximum Gasteiger partial charge on any atom is 0.422 e. The van der Waals surface area contributed by atoms with Crippen LogP contribution in [0, 0.1) is 0 Å². The van der Waals surface area contributed by atoms with Crippen LogP contribution in [-0.4, -0.2) is 33.1 Å². The summed E-state index contributed by atoms with van der Waals surface area (Å²) < 4.78 is 68.1. The zero-order chi connectivity index (χ0) is 21.7. The van der Waals surface area contributed by atoms with E-state index in [-0.39, 0.29) is 17.2 Å². The van der Waals surface area contributed by atoms with Gasteiger partial charge in [0.05, 0.1) is 10.9 Å². The summed E-state index contributed by atoms with van der Waals surface area (Å²) in [6.07, 6.45) is -4.46. The number of halogens is 4. The predicted molar refractivity (Wildman–Crippen MR) is 101 cm³/mol. The summed E-state index contributed by atoms with van der Waals surface area (Å²) in [5.41, 5.74) is 0.491. The van der Waals surface area contributed by atoms with E-state index in [4.69, 9.17) is 11.6 Å². The number of carbonyl (C=O) groups is 1. The van der Waals surface area contributed by atoms with Crippen LogP contribution >= 0.6 is 11.6 Å². The molecule has 2 rings (SSSR count). The minimum Gasteiger partial charge on any atom is -0.484 e. The summed E-state index contributed by atoms with van der Waals surface area (Å²) in [6.45, 7) is -0.0763. The highest BCUT2D eigenvalue weighted by molar-refractivity contribution is 7.89. The normalized spacial score (nSPS) is 13.0. The van der Waals surface area contributed by atoms with Crippen LogP contribution in [0.15, 0.2) is 53.4 Å². The molecule has 2 N–H and O–H groups in total. The minimum atomic E-state index is -4.46. The van der Waals surface area contributed by atoms with Crippen molar-refractivity contribution in [2.75, 3.05) is 6.61 Å². The average molecular weight is 451 g/mol. The third-order valence-electron chi connectivity index (χ3n) is 3.62. The molecule has 1 atom stereocenters. The van der Waals surface area contributed by atoms with E-state index in [2.05, 4.69) is 14.8 Å². The molecule has 0 spiro atoms. The van der Waals surface area contributed by atoms with Gasteiger partial charge >= 0.3 is 6.18 Å². The SMILES string of the molecule is C[C@H](NS(=O)(=O)c1ccc(Cl)cc1)C(=O)NCc1cccc(OCC(F)(F)F)c1. The third-order valence-corrected chi connectivity index (χ3v) is 5.43. The zero-order valence-corrected chi connectivity index (χ0v) is 16.7. The molecule has 1 amide bonds. The first-order valence-electron chi connectivity index (χ1n) is 8.30. The number of hydrogen-bond donors (Lipinski definition) is 2. The van der Waals surface area contributed by atoms with Crippen LogP contribution in [0.4, 0.5) is 13.2 Å². The van der Waals surface area contributed by atoms with Crippen LogP contribution in [0.25, 0.3) is 0 Å². The van der Waals surface area contributed by atoms with Crippen LogP contribution in [0.2, 0.25) is 5.02 Å². The first-order chi connectivity index (χ1) is 13.5. The Morgan fingerprint density at radius 3 is 2.45 bits per heavy atom. The first-order valence-corrected chi connectivity index (χ1v) is 10.2. The lowest BCUT2D eigenvalue weighted by molar-refractivity contribution is -0.153. The van der Waals surface area contributed by atoms with Gasteiger partial charge in [-0.3, -0.25) is 4.79 Å². The minimum absolute atomic E-state index is 0.00515. The number of benzene rings is 2. The van der Waals surface area contributed by atoms with Crippen molar-refractivity contribution in [3.8, 4) is 5.75 Å². The monoisotopic (exact) mass is 450 g/mol. The van der Waals surface area contributed by atoms with Crippen LogP contribution in [0.5, 0.6) is 5.75 Å². The molecule has 0 heterocycles. The van der Waals surface area contributed by atoms with Crippen molar-refractivity contribution < 1.29 is 31.1 Å². The molecular weight excluding hydrogens is 433 g/mol. The molecule has 0 fully saturated rings. The van der Waals surface area contributed by atoms with E-state index in [1.807, 2.05) is 0 Å². The summed E-state index contributed by atoms with van der Waals surface area (Å²) in [4.78, 5) is 12.1. The van der Waals surface area contributed by atoms with Gasteiger partial charge in [-0.25, -0.2) is 8.42 Å². The molecule has 0 aromatic heterocycles. The molecule has 29 heavy (non-hydrogen) atoms. The molecular formula is C18H18ClF3N2O4S. The number of hydrogen-bond acceptors (Lipinski definition) is 4. The maximum atomic E-state index is 12.3. The average Bonchev–Trinajstić information content (AvgIpc) is 2.64. The van der Waals surface area contributed by atoms with Crippen LogP contribution < -0.4 is 14.8 Å². The van der Waals surface area contributed by atoms with Gasteiger partial charge in [0.1, 0.15) is 5.75 Å². The van der Waals surface area contributed by atoms with Crippen molar-refractivity contribution in [3.63, 3.8) is 0 Å². The summed E-state index contributed by atoms with van der Waals surface area (Å²) in [5.74, 6) is -0.602. The summed E-state index contributed by atoms with van der Waals surface area (Å²) in [6, 6.07) is 10.1. The smallest absolute Gasteiger partial charge is 0.422 e. The fourth-order valence-electron chi connectivity index (χ4n) is 2.22. The van der Waals surface area contributed by atoms with E-state index in [0.29, 0.717) is 10.6 Å². The molecule has 0 aliphatic rings. The van der Waals surface area contributed by atoms with E-state index < -0.39 is 34.8 Å². The summed E-state index contributed by atoms with van der Waals surface area (Å²) in [5, 5.41) is 2.89. The fourth-order valence-corrected chi connectivity index (χ4v) is 3.55. The Morgan fingerprint density at radius 2 is 1.83 bits per heavy atom. The van der Waals surface area contributed by atoms with E-state index >= 15 is 0 Å². The van der Waals surface area contributed by atoms with Gasteiger partial charge in [0.15, 0.2) is 6.61 Å². The quantitative estimate of drug-likeness (QED) is 0.646. The van der Waals surface area contributed by atoms with Crippen molar-refractivity contribution in [2.24, 2.45) is 0 Å². The second-order valence-electron chi connectivity index (χ2n) is 6.07. The molecule has 2 aromatic carbocycles. The van der Waals surface area contributed by atoms with Crippen molar-refractivity contribution in [3.05, 3.63) is 59.1 Å². The highest BCUT2D eigenvalue weighted by atomic mass is 35.5. The summed E-state index contributed by atoms with van der Waals surface area (Å²) >= 11 is 5.73. The molecule has 158 valence electrons. The van der Waals surface area contributed by atoms with Gasteiger partial charge in [-0.05, 0) is 48.9 Å². The molecule has 6 nitrogen and oxygen atoms in total. The lowest BCUT2D eigenvalue weighted by Crippen LogP contribution is -2.44. The van der Waals surface area contributed by atoms with Crippen LogP contribution in [0.1, 0.15) is 12.5 Å². The number of alkyl halides is 3. The fraction of sp³-hybridized carbons (Fsp3) is 0.278. The molecule has 0 saturated heterocycles. The second-order valence-corrected chi connectivity index (χ2v) is 8.22. The van der Waals surface area contributed by atoms with Crippen molar-refractivity contribution in [1.29, 1.82) is 0 Å². The number of carbonyl (C=O) groups excluding carboxylic acids is 1. The largest absolute Gasteiger partial charge is 0.484 e. The van der Waals surface area contributed by atoms with E-state index in [9.17, 15) is 26.4 Å². The number of amides is 1. The maximum absolute atomic E-state index is 12.3. The standard InChI is InChI=1S/C18H18ClF3N2O4S/c1-12(24-29(26,27)16-7-5-14(19)6-8-16)17(25)23-10-13-3-2-4-15(9-13)28-11-18(20,21)22/h2-9,12,24H,10-11H2,1H3,(H,23,25)/t12-/m0/s1. The Balaban J connectivity index is 1.92. The molecule has 0 saturated carbocycles. The lowest BCUT2D eigenvalue weighted by Gasteiger charge is -2.15. The zero-order valence-electron chi connectivity index (χ0n) is 15.2. The van der Waals surface area contributed by atoms with Crippen LogP contribution in [-0.2, 0) is 21.4 Å². The first kappa shape index (κ1) is 23.0.